The van der Waals surface area contributed by atoms with Gasteiger partial charge in [-0.25, -0.2) is 4.79 Å². The second-order valence-electron chi connectivity index (χ2n) is 9.06. The molecular weight excluding hydrogens is 484 g/mol. The molecule has 0 unspecified atom stereocenters. The Balaban J connectivity index is 1.31. The number of carboxylic acids is 1. The van der Waals surface area contributed by atoms with Crippen molar-refractivity contribution in [2.24, 2.45) is 7.05 Å². The molecule has 9 heteroatoms. The Morgan fingerprint density at radius 1 is 0.947 bits per heavy atom. The molecule has 0 aliphatic heterocycles. The summed E-state index contributed by atoms with van der Waals surface area (Å²) in [6, 6.07) is 25.1. The van der Waals surface area contributed by atoms with E-state index >= 15 is 0 Å². The Labute approximate surface area is 219 Å². The van der Waals surface area contributed by atoms with Gasteiger partial charge in [0.2, 0.25) is 0 Å². The number of benzene rings is 3. The number of nitrogens with one attached hydrogen (secondary N) is 1. The standard InChI is InChI=1S/C29H26N4O5/c1-32-16-24(28(36)33(17-26(34)35)15-19-9-3-2-4-10-19)27(31-32)30-29(37)38-18-25-22-13-7-5-11-20(22)21-12-6-8-14-23(21)25/h2-14,16,25H,15,17-18H2,1H3,(H,34,35)(H,30,31,37). The highest BCUT2D eigenvalue weighted by Crippen LogP contribution is 2.44. The van der Waals surface area contributed by atoms with Gasteiger partial charge >= 0.3 is 12.1 Å². The average molecular weight is 511 g/mol. The van der Waals surface area contributed by atoms with Crippen molar-refractivity contribution in [2.75, 3.05) is 18.5 Å². The van der Waals surface area contributed by atoms with Crippen LogP contribution >= 0.6 is 0 Å². The van der Waals surface area contributed by atoms with Crippen molar-refractivity contribution in [3.63, 3.8) is 0 Å². The first-order chi connectivity index (χ1) is 18.4. The van der Waals surface area contributed by atoms with Crippen LogP contribution in [0.5, 0.6) is 0 Å². The van der Waals surface area contributed by atoms with Crippen LogP contribution in [0.25, 0.3) is 11.1 Å². The molecule has 0 bridgehead atoms. The number of aliphatic carboxylic acids is 1. The summed E-state index contributed by atoms with van der Waals surface area (Å²) in [5.41, 5.74) is 5.24. The molecule has 4 aromatic rings. The predicted molar refractivity (Wildman–Crippen MR) is 141 cm³/mol. The lowest BCUT2D eigenvalue weighted by Gasteiger charge is -2.21. The number of carboxylic acid groups (broad SMARTS) is 1. The van der Waals surface area contributed by atoms with Crippen molar-refractivity contribution in [1.29, 1.82) is 0 Å². The molecule has 0 saturated carbocycles. The van der Waals surface area contributed by atoms with E-state index in [1.54, 1.807) is 19.2 Å². The van der Waals surface area contributed by atoms with Gasteiger partial charge in [0.1, 0.15) is 18.7 Å². The van der Waals surface area contributed by atoms with Gasteiger partial charge in [-0.3, -0.25) is 19.6 Å². The molecule has 0 fully saturated rings. The zero-order chi connectivity index (χ0) is 26.6. The number of nitrogens with zero attached hydrogens (tertiary/aromatic N) is 3. The Hall–Kier alpha value is -4.92. The summed E-state index contributed by atoms with van der Waals surface area (Å²) in [5, 5.41) is 16.2. The topological polar surface area (TPSA) is 114 Å². The highest BCUT2D eigenvalue weighted by molar-refractivity contribution is 6.02. The Morgan fingerprint density at radius 2 is 1.55 bits per heavy atom. The van der Waals surface area contributed by atoms with Crippen LogP contribution in [0.4, 0.5) is 10.6 Å². The minimum Gasteiger partial charge on any atom is -0.480 e. The van der Waals surface area contributed by atoms with Gasteiger partial charge in [-0.05, 0) is 27.8 Å². The lowest BCUT2D eigenvalue weighted by atomic mass is 9.98. The van der Waals surface area contributed by atoms with E-state index < -0.39 is 24.5 Å². The number of aryl methyl sites for hydroxylation is 1. The highest BCUT2D eigenvalue weighted by atomic mass is 16.5. The summed E-state index contributed by atoms with van der Waals surface area (Å²) in [6.07, 6.45) is 0.689. The Morgan fingerprint density at radius 3 is 2.18 bits per heavy atom. The average Bonchev–Trinajstić information content (AvgIpc) is 3.44. The number of hydrogen-bond donors (Lipinski definition) is 2. The van der Waals surface area contributed by atoms with Crippen LogP contribution in [0.2, 0.25) is 0 Å². The Kier molecular flexibility index (Phi) is 6.90. The summed E-state index contributed by atoms with van der Waals surface area (Å²) < 4.78 is 6.97. The van der Waals surface area contributed by atoms with Crippen molar-refractivity contribution in [1.82, 2.24) is 14.7 Å². The summed E-state index contributed by atoms with van der Waals surface area (Å²) in [7, 11) is 1.61. The monoisotopic (exact) mass is 510 g/mol. The molecule has 5 rings (SSSR count). The summed E-state index contributed by atoms with van der Waals surface area (Å²) in [4.78, 5) is 38.9. The maximum absolute atomic E-state index is 13.4. The Bertz CT molecular complexity index is 1450. The number of amides is 2. The third-order valence-electron chi connectivity index (χ3n) is 6.45. The van der Waals surface area contributed by atoms with Crippen LogP contribution < -0.4 is 5.32 Å². The number of aromatic nitrogens is 2. The molecule has 38 heavy (non-hydrogen) atoms. The zero-order valence-corrected chi connectivity index (χ0v) is 20.7. The first-order valence-corrected chi connectivity index (χ1v) is 12.1. The van der Waals surface area contributed by atoms with Crippen LogP contribution in [-0.4, -0.2) is 50.9 Å². The highest BCUT2D eigenvalue weighted by Gasteiger charge is 2.30. The van der Waals surface area contributed by atoms with Gasteiger partial charge < -0.3 is 14.7 Å². The van der Waals surface area contributed by atoms with Crippen LogP contribution in [0.15, 0.2) is 85.1 Å². The molecule has 3 aromatic carbocycles. The molecule has 1 heterocycles. The minimum atomic E-state index is -1.15. The van der Waals surface area contributed by atoms with Crippen molar-refractivity contribution >= 4 is 23.8 Å². The molecular formula is C29H26N4O5. The quantitative estimate of drug-likeness (QED) is 0.361. The van der Waals surface area contributed by atoms with E-state index in [4.69, 9.17) is 4.74 Å². The number of fused-ring (bicyclic) bond motifs is 3. The van der Waals surface area contributed by atoms with Gasteiger partial charge in [0.15, 0.2) is 5.82 Å². The van der Waals surface area contributed by atoms with Crippen LogP contribution in [0.1, 0.15) is 33.0 Å². The number of anilines is 1. The van der Waals surface area contributed by atoms with E-state index in [0.29, 0.717) is 0 Å². The SMILES string of the molecule is Cn1cc(C(=O)N(CC(=O)O)Cc2ccccc2)c(NC(=O)OCC2c3ccccc3-c3ccccc32)n1. The van der Waals surface area contributed by atoms with Gasteiger partial charge in [0.25, 0.3) is 5.91 Å². The van der Waals surface area contributed by atoms with Crippen molar-refractivity contribution in [3.05, 3.63) is 107 Å². The molecule has 2 N–H and O–H groups in total. The van der Waals surface area contributed by atoms with Crippen molar-refractivity contribution in [2.45, 2.75) is 12.5 Å². The van der Waals surface area contributed by atoms with Gasteiger partial charge in [0.05, 0.1) is 0 Å². The maximum Gasteiger partial charge on any atom is 0.412 e. The molecule has 9 nitrogen and oxygen atoms in total. The van der Waals surface area contributed by atoms with Crippen molar-refractivity contribution < 1.29 is 24.2 Å². The molecule has 1 aliphatic rings. The van der Waals surface area contributed by atoms with Gasteiger partial charge in [-0.15, -0.1) is 0 Å². The smallest absolute Gasteiger partial charge is 0.412 e. The first-order valence-electron chi connectivity index (χ1n) is 12.1. The number of hydrogen-bond acceptors (Lipinski definition) is 5. The van der Waals surface area contributed by atoms with Crippen molar-refractivity contribution in [3.8, 4) is 11.1 Å². The lowest BCUT2D eigenvalue weighted by molar-refractivity contribution is -0.137. The van der Waals surface area contributed by atoms with E-state index in [1.165, 1.54) is 15.8 Å². The third-order valence-corrected chi connectivity index (χ3v) is 6.45. The molecule has 1 aromatic heterocycles. The van der Waals surface area contributed by atoms with E-state index in [2.05, 4.69) is 22.5 Å². The molecule has 2 amide bonds. The number of ether oxygens (including phenoxy) is 1. The summed E-state index contributed by atoms with van der Waals surface area (Å²) >= 11 is 0. The second-order valence-corrected chi connectivity index (χ2v) is 9.06. The maximum atomic E-state index is 13.4. The number of carbonyl (C=O) groups is 3. The molecule has 192 valence electrons. The molecule has 0 saturated heterocycles. The van der Waals surface area contributed by atoms with Gasteiger partial charge in [-0.1, -0.05) is 78.9 Å². The molecule has 0 radical (unpaired) electrons. The lowest BCUT2D eigenvalue weighted by Crippen LogP contribution is -2.35. The fourth-order valence-corrected chi connectivity index (χ4v) is 4.81. The second kappa shape index (κ2) is 10.6. The van der Waals surface area contributed by atoms with Crippen LogP contribution in [0.3, 0.4) is 0 Å². The van der Waals surface area contributed by atoms with Gasteiger partial charge in [0, 0.05) is 25.7 Å². The van der Waals surface area contributed by atoms with Crippen LogP contribution in [-0.2, 0) is 23.1 Å². The number of rotatable bonds is 8. The van der Waals surface area contributed by atoms with E-state index in [1.807, 2.05) is 54.6 Å². The largest absolute Gasteiger partial charge is 0.480 e. The van der Waals surface area contributed by atoms with Gasteiger partial charge in [-0.2, -0.15) is 5.10 Å². The predicted octanol–water partition coefficient (Wildman–Crippen LogP) is 4.51. The van der Waals surface area contributed by atoms with E-state index in [0.717, 1.165) is 27.8 Å². The molecule has 0 spiro atoms. The molecule has 0 atom stereocenters. The van der Waals surface area contributed by atoms with Crippen LogP contribution in [0, 0.1) is 0 Å². The molecule has 1 aliphatic carbocycles. The normalized spacial score (nSPS) is 11.9. The van der Waals surface area contributed by atoms with E-state index in [9.17, 15) is 19.5 Å². The van der Waals surface area contributed by atoms with E-state index in [-0.39, 0.29) is 30.5 Å². The zero-order valence-electron chi connectivity index (χ0n) is 20.7. The third kappa shape index (κ3) is 5.12. The fraction of sp³-hybridized carbons (Fsp3) is 0.172. The first kappa shape index (κ1) is 24.8. The minimum absolute atomic E-state index is 0.00169. The fourth-order valence-electron chi connectivity index (χ4n) is 4.81. The summed E-state index contributed by atoms with van der Waals surface area (Å²) in [5.74, 6) is -1.84. The summed E-state index contributed by atoms with van der Waals surface area (Å²) in [6.45, 7) is -0.312. The number of carbonyl (C=O) groups excluding carboxylic acids is 2.